The number of ether oxygens (including phenoxy) is 1. The number of nitrogens with zero attached hydrogens (tertiary/aromatic N) is 1. The van der Waals surface area contributed by atoms with E-state index < -0.39 is 12.0 Å². The molecule has 0 aromatic carbocycles. The Balaban J connectivity index is 2.38. The summed E-state index contributed by atoms with van der Waals surface area (Å²) in [4.78, 5) is 24.4. The van der Waals surface area contributed by atoms with E-state index in [-0.39, 0.29) is 6.03 Å². The minimum absolute atomic E-state index is 0.278. The average Bonchev–Trinajstić information content (AvgIpc) is 2.36. The van der Waals surface area contributed by atoms with E-state index in [1.54, 1.807) is 18.9 Å². The summed E-state index contributed by atoms with van der Waals surface area (Å²) in [7, 11) is 1.68. The van der Waals surface area contributed by atoms with Crippen molar-refractivity contribution >= 4 is 12.0 Å². The van der Waals surface area contributed by atoms with Crippen molar-refractivity contribution in [1.82, 2.24) is 10.2 Å². The number of methoxy groups -OCH3 is 1. The van der Waals surface area contributed by atoms with Gasteiger partial charge in [0.15, 0.2) is 0 Å². The molecule has 1 aliphatic heterocycles. The molecule has 1 saturated heterocycles. The Morgan fingerprint density at radius 1 is 1.44 bits per heavy atom. The highest BCUT2D eigenvalue weighted by molar-refractivity contribution is 5.82. The molecule has 1 heterocycles. The molecule has 6 nitrogen and oxygen atoms in total. The number of hydrogen-bond acceptors (Lipinski definition) is 3. The van der Waals surface area contributed by atoms with E-state index in [4.69, 9.17) is 9.84 Å². The zero-order valence-corrected chi connectivity index (χ0v) is 11.0. The number of urea groups is 1. The Hall–Kier alpha value is -1.30. The highest BCUT2D eigenvalue weighted by Gasteiger charge is 2.25. The number of carbonyl (C=O) groups excluding carboxylic acids is 1. The van der Waals surface area contributed by atoms with Crippen LogP contribution in [0.1, 0.15) is 26.2 Å². The van der Waals surface area contributed by atoms with Gasteiger partial charge in [0.25, 0.3) is 0 Å². The molecule has 0 aliphatic carbocycles. The van der Waals surface area contributed by atoms with Crippen molar-refractivity contribution in [3.8, 4) is 0 Å². The number of rotatable bonds is 5. The van der Waals surface area contributed by atoms with Crippen LogP contribution in [0.3, 0.4) is 0 Å². The van der Waals surface area contributed by atoms with Crippen LogP contribution in [0.4, 0.5) is 4.79 Å². The van der Waals surface area contributed by atoms with Gasteiger partial charge in [0.1, 0.15) is 6.04 Å². The Morgan fingerprint density at radius 2 is 2.06 bits per heavy atom. The summed E-state index contributed by atoms with van der Waals surface area (Å²) >= 11 is 0. The van der Waals surface area contributed by atoms with Crippen LogP contribution in [-0.4, -0.2) is 54.9 Å². The van der Waals surface area contributed by atoms with E-state index in [2.05, 4.69) is 5.32 Å². The van der Waals surface area contributed by atoms with Crippen molar-refractivity contribution in [3.05, 3.63) is 0 Å². The van der Waals surface area contributed by atoms with Gasteiger partial charge in [0, 0.05) is 26.8 Å². The van der Waals surface area contributed by atoms with Crippen LogP contribution in [0, 0.1) is 5.92 Å². The number of carbonyl (C=O) groups is 2. The van der Waals surface area contributed by atoms with Crippen LogP contribution in [-0.2, 0) is 9.53 Å². The van der Waals surface area contributed by atoms with Gasteiger partial charge < -0.3 is 20.1 Å². The summed E-state index contributed by atoms with van der Waals surface area (Å²) in [5.41, 5.74) is 0. The SMILES string of the molecule is CCC(NC(=O)N1CCC(COC)CC1)C(=O)O. The van der Waals surface area contributed by atoms with Gasteiger partial charge in [-0.3, -0.25) is 0 Å². The second-order valence-electron chi connectivity index (χ2n) is 4.63. The van der Waals surface area contributed by atoms with Crippen molar-refractivity contribution < 1.29 is 19.4 Å². The highest BCUT2D eigenvalue weighted by Crippen LogP contribution is 2.17. The lowest BCUT2D eigenvalue weighted by molar-refractivity contribution is -0.139. The molecule has 0 aromatic rings. The number of aliphatic carboxylic acids is 1. The molecule has 1 fully saturated rings. The van der Waals surface area contributed by atoms with Crippen molar-refractivity contribution in [2.75, 3.05) is 26.8 Å². The molecule has 18 heavy (non-hydrogen) atoms. The first kappa shape index (κ1) is 14.8. The maximum absolute atomic E-state index is 11.9. The molecule has 0 spiro atoms. The zero-order chi connectivity index (χ0) is 13.5. The third kappa shape index (κ3) is 4.18. The second kappa shape index (κ2) is 7.20. The van der Waals surface area contributed by atoms with Gasteiger partial charge in [-0.1, -0.05) is 6.92 Å². The number of carboxylic acids is 1. The molecular weight excluding hydrogens is 236 g/mol. The number of nitrogens with one attached hydrogen (secondary N) is 1. The predicted molar refractivity (Wildman–Crippen MR) is 66.4 cm³/mol. The third-order valence-electron chi connectivity index (χ3n) is 3.31. The minimum Gasteiger partial charge on any atom is -0.480 e. The molecule has 1 unspecified atom stereocenters. The molecule has 0 aromatic heterocycles. The van der Waals surface area contributed by atoms with Crippen molar-refractivity contribution in [1.29, 1.82) is 0 Å². The summed E-state index contributed by atoms with van der Waals surface area (Å²) in [5.74, 6) is -0.486. The standard InChI is InChI=1S/C12H22N2O4/c1-3-10(11(15)16)13-12(17)14-6-4-9(5-7-14)8-18-2/h9-10H,3-8H2,1-2H3,(H,13,17)(H,15,16). The van der Waals surface area contributed by atoms with Gasteiger partial charge in [-0.05, 0) is 25.2 Å². The lowest BCUT2D eigenvalue weighted by Crippen LogP contribution is -2.50. The van der Waals surface area contributed by atoms with E-state index >= 15 is 0 Å². The van der Waals surface area contributed by atoms with E-state index in [1.807, 2.05) is 0 Å². The monoisotopic (exact) mass is 258 g/mol. The van der Waals surface area contributed by atoms with Gasteiger partial charge in [-0.2, -0.15) is 0 Å². The van der Waals surface area contributed by atoms with Crippen LogP contribution >= 0.6 is 0 Å². The fourth-order valence-electron chi connectivity index (χ4n) is 2.12. The fourth-order valence-corrected chi connectivity index (χ4v) is 2.12. The van der Waals surface area contributed by atoms with Crippen molar-refractivity contribution in [3.63, 3.8) is 0 Å². The summed E-state index contributed by atoms with van der Waals surface area (Å²) in [5, 5.41) is 11.4. The van der Waals surface area contributed by atoms with Gasteiger partial charge >= 0.3 is 12.0 Å². The van der Waals surface area contributed by atoms with Gasteiger partial charge in [0.2, 0.25) is 0 Å². The average molecular weight is 258 g/mol. The van der Waals surface area contributed by atoms with E-state index in [0.29, 0.717) is 25.4 Å². The quantitative estimate of drug-likeness (QED) is 0.768. The topological polar surface area (TPSA) is 78.9 Å². The Labute approximate surface area is 107 Å². The smallest absolute Gasteiger partial charge is 0.326 e. The molecule has 6 heteroatoms. The lowest BCUT2D eigenvalue weighted by Gasteiger charge is -2.32. The first-order chi connectivity index (χ1) is 8.58. The number of carboxylic acid groups (broad SMARTS) is 1. The van der Waals surface area contributed by atoms with E-state index in [0.717, 1.165) is 19.4 Å². The Bertz CT molecular complexity index is 288. The molecule has 1 atom stereocenters. The molecular formula is C12H22N2O4. The fraction of sp³-hybridized carbons (Fsp3) is 0.833. The van der Waals surface area contributed by atoms with Crippen LogP contribution < -0.4 is 5.32 Å². The molecule has 1 rings (SSSR count). The Kier molecular flexibility index (Phi) is 5.91. The normalized spacial score (nSPS) is 18.4. The Morgan fingerprint density at radius 3 is 2.50 bits per heavy atom. The van der Waals surface area contributed by atoms with Crippen LogP contribution in [0.2, 0.25) is 0 Å². The largest absolute Gasteiger partial charge is 0.480 e. The van der Waals surface area contributed by atoms with Crippen LogP contribution in [0.5, 0.6) is 0 Å². The van der Waals surface area contributed by atoms with Crippen molar-refractivity contribution in [2.45, 2.75) is 32.2 Å². The van der Waals surface area contributed by atoms with Gasteiger partial charge in [-0.15, -0.1) is 0 Å². The first-order valence-electron chi connectivity index (χ1n) is 6.35. The summed E-state index contributed by atoms with van der Waals surface area (Å²) in [6.07, 6.45) is 2.21. The van der Waals surface area contributed by atoms with Gasteiger partial charge in [-0.25, -0.2) is 9.59 Å². The van der Waals surface area contributed by atoms with Crippen LogP contribution in [0.15, 0.2) is 0 Å². The maximum atomic E-state index is 11.9. The molecule has 0 saturated carbocycles. The first-order valence-corrected chi connectivity index (χ1v) is 6.35. The molecule has 0 bridgehead atoms. The van der Waals surface area contributed by atoms with E-state index in [9.17, 15) is 9.59 Å². The molecule has 104 valence electrons. The van der Waals surface area contributed by atoms with Crippen LogP contribution in [0.25, 0.3) is 0 Å². The highest BCUT2D eigenvalue weighted by atomic mass is 16.5. The van der Waals surface area contributed by atoms with E-state index in [1.165, 1.54) is 0 Å². The molecule has 2 amide bonds. The maximum Gasteiger partial charge on any atom is 0.326 e. The van der Waals surface area contributed by atoms with Gasteiger partial charge in [0.05, 0.1) is 0 Å². The summed E-state index contributed by atoms with van der Waals surface area (Å²) in [6.45, 7) is 3.79. The molecule has 0 radical (unpaired) electrons. The van der Waals surface area contributed by atoms with Crippen molar-refractivity contribution in [2.24, 2.45) is 5.92 Å². The summed E-state index contributed by atoms with van der Waals surface area (Å²) in [6, 6.07) is -1.07. The minimum atomic E-state index is -0.986. The lowest BCUT2D eigenvalue weighted by atomic mass is 9.98. The number of amides is 2. The molecule has 1 aliphatic rings. The second-order valence-corrected chi connectivity index (χ2v) is 4.63. The number of likely N-dealkylation sites (tertiary alicyclic amines) is 1. The summed E-state index contributed by atoms with van der Waals surface area (Å²) < 4.78 is 5.09. The number of hydrogen-bond donors (Lipinski definition) is 2. The number of piperidine rings is 1. The zero-order valence-electron chi connectivity index (χ0n) is 11.0. The molecule has 2 N–H and O–H groups in total. The third-order valence-corrected chi connectivity index (χ3v) is 3.31. The predicted octanol–water partition coefficient (Wildman–Crippen LogP) is 0.918.